The molecule has 7 rings (SSSR count). The highest BCUT2D eigenvalue weighted by molar-refractivity contribution is 7.86. The maximum absolute atomic E-state index is 12.5. The van der Waals surface area contributed by atoms with E-state index in [-0.39, 0.29) is 42.0 Å². The second kappa shape index (κ2) is 19.8. The summed E-state index contributed by atoms with van der Waals surface area (Å²) in [6, 6.07) is 22.0. The molecule has 1 N–H and O–H groups in total. The molecule has 2 atom stereocenters. The minimum absolute atomic E-state index is 0.0155. The first kappa shape index (κ1) is 48.5. The molecule has 0 aromatic heterocycles. The summed E-state index contributed by atoms with van der Waals surface area (Å²) in [5.74, 6) is -1.02. The van der Waals surface area contributed by atoms with Gasteiger partial charge in [0.15, 0.2) is 0 Å². The normalized spacial score (nSPS) is 21.6. The van der Waals surface area contributed by atoms with Gasteiger partial charge in [-0.3, -0.25) is 14.5 Å². The Morgan fingerprint density at radius 3 is 2.18 bits per heavy atom. The molecule has 3 aromatic rings. The van der Waals surface area contributed by atoms with E-state index in [9.17, 15) is 40.3 Å². The van der Waals surface area contributed by atoms with Crippen molar-refractivity contribution in [1.29, 1.82) is 0 Å². The molecule has 0 spiro atoms. The lowest BCUT2D eigenvalue weighted by Crippen LogP contribution is -3.10. The lowest BCUT2D eigenvalue weighted by Gasteiger charge is -2.29. The summed E-state index contributed by atoms with van der Waals surface area (Å²) >= 11 is 0. The molecule has 1 aliphatic carbocycles. The van der Waals surface area contributed by atoms with Crippen LogP contribution in [0.2, 0.25) is 0 Å². The predicted molar refractivity (Wildman–Crippen MR) is 246 cm³/mol. The number of imide groups is 1. The standard InChI is InChI=1S/C50H59N3O11S2/c1-49(2)39-17-7-9-19-41(39)51(32-11-5-6-21-47(56)64-53-45(54)30-31-46(53)55)43(49)28-22-35-15-14-16-36(48(35)63-37-24-26-38(27-25-37)66(60,61)62)23-29-44-50(3,4)40-18-8-10-20-42(40)52(44)33-12-13-34-65(57,58)59/h7-10,17-20,22-29,43H,5-6,11-16,21,30-34H2,1-4H3,(H,57,58,59)(H,60,61,62)/p-1/b28-22+,36-23+,44-29+. The molecule has 3 heterocycles. The summed E-state index contributed by atoms with van der Waals surface area (Å²) in [6.07, 6.45) is 13.8. The van der Waals surface area contributed by atoms with Crippen molar-refractivity contribution in [2.24, 2.45) is 0 Å². The van der Waals surface area contributed by atoms with Crippen molar-refractivity contribution in [3.05, 3.63) is 131 Å². The van der Waals surface area contributed by atoms with Gasteiger partial charge in [-0.15, -0.1) is 5.06 Å². The number of quaternary nitrogens is 1. The second-order valence-corrected chi connectivity index (χ2v) is 21.4. The number of para-hydroxylation sites is 2. The Morgan fingerprint density at radius 2 is 1.48 bits per heavy atom. The summed E-state index contributed by atoms with van der Waals surface area (Å²) in [7, 11) is -9.00. The Hall–Kier alpha value is -5.39. The average molecular weight is 941 g/mol. The summed E-state index contributed by atoms with van der Waals surface area (Å²) < 4.78 is 76.3. The number of anilines is 1. The van der Waals surface area contributed by atoms with E-state index in [1.807, 2.05) is 24.3 Å². The zero-order valence-electron chi connectivity index (χ0n) is 37.9. The zero-order chi connectivity index (χ0) is 47.4. The first-order valence-electron chi connectivity index (χ1n) is 22.7. The van der Waals surface area contributed by atoms with Crippen LogP contribution in [0.5, 0.6) is 5.75 Å². The first-order valence-corrected chi connectivity index (χ1v) is 25.6. The molecule has 1 saturated heterocycles. The summed E-state index contributed by atoms with van der Waals surface area (Å²) in [5.41, 5.74) is 6.81. The van der Waals surface area contributed by atoms with Gasteiger partial charge in [0.2, 0.25) is 0 Å². The number of rotatable bonds is 18. The number of amides is 2. The van der Waals surface area contributed by atoms with Crippen molar-refractivity contribution >= 4 is 49.4 Å². The van der Waals surface area contributed by atoms with Crippen LogP contribution in [0.25, 0.3) is 0 Å². The molecule has 3 aliphatic heterocycles. The fraction of sp³-hybridized carbons (Fsp3) is 0.420. The third-order valence-corrected chi connectivity index (χ3v) is 14.8. The first-order chi connectivity index (χ1) is 31.3. The number of hydrogen-bond acceptors (Lipinski definition) is 12. The lowest BCUT2D eigenvalue weighted by atomic mass is 9.80. The summed E-state index contributed by atoms with van der Waals surface area (Å²) in [4.78, 5) is 44.5. The molecular formula is C50H58N3O11S2-. The van der Waals surface area contributed by atoms with E-state index in [0.29, 0.717) is 48.8 Å². The van der Waals surface area contributed by atoms with Gasteiger partial charge in [0, 0.05) is 53.9 Å². The molecule has 0 saturated carbocycles. The highest BCUT2D eigenvalue weighted by Gasteiger charge is 2.47. The van der Waals surface area contributed by atoms with Crippen LogP contribution in [0.4, 0.5) is 11.4 Å². The van der Waals surface area contributed by atoms with E-state index in [2.05, 4.69) is 81.2 Å². The molecular weight excluding hydrogens is 883 g/mol. The summed E-state index contributed by atoms with van der Waals surface area (Å²) in [6.45, 7) is 10.1. The van der Waals surface area contributed by atoms with Crippen molar-refractivity contribution in [3.63, 3.8) is 0 Å². The maximum Gasteiger partial charge on any atom is 0.333 e. The quantitative estimate of drug-likeness (QED) is 0.0786. The van der Waals surface area contributed by atoms with Crippen molar-refractivity contribution in [1.82, 2.24) is 5.06 Å². The topological polar surface area (TPSA) is 195 Å². The lowest BCUT2D eigenvalue weighted by molar-refractivity contribution is -0.850. The number of nitrogens with zero attached hydrogens (tertiary/aromatic N) is 2. The van der Waals surface area contributed by atoms with Gasteiger partial charge in [0.1, 0.15) is 33.4 Å². The third-order valence-electron chi connectivity index (χ3n) is 13.2. The van der Waals surface area contributed by atoms with Crippen molar-refractivity contribution in [2.45, 2.75) is 120 Å². The van der Waals surface area contributed by atoms with Gasteiger partial charge in [0.25, 0.3) is 11.8 Å². The van der Waals surface area contributed by atoms with E-state index < -0.39 is 49.2 Å². The van der Waals surface area contributed by atoms with Crippen LogP contribution >= 0.6 is 0 Å². The van der Waals surface area contributed by atoms with Gasteiger partial charge in [-0.1, -0.05) is 62.4 Å². The Kier molecular flexibility index (Phi) is 14.6. The van der Waals surface area contributed by atoms with Crippen molar-refractivity contribution in [2.75, 3.05) is 23.7 Å². The number of hydroxylamine groups is 2. The number of unbranched alkanes of at least 4 members (excludes halogenated alkanes) is 3. The average Bonchev–Trinajstić information content (AvgIpc) is 3.78. The Morgan fingerprint density at radius 1 is 0.803 bits per heavy atom. The number of hydrogen-bond donors (Lipinski definition) is 1. The van der Waals surface area contributed by atoms with E-state index in [4.69, 9.17) is 9.57 Å². The van der Waals surface area contributed by atoms with Crippen LogP contribution < -0.4 is 14.5 Å². The second-order valence-electron chi connectivity index (χ2n) is 18.5. The molecule has 0 radical (unpaired) electrons. The Bertz CT molecular complexity index is 2690. The molecule has 4 aliphatic rings. The van der Waals surface area contributed by atoms with Gasteiger partial charge in [-0.05, 0) is 130 Å². The molecule has 2 amide bonds. The molecule has 352 valence electrons. The molecule has 1 fully saturated rings. The molecule has 66 heavy (non-hydrogen) atoms. The number of benzene rings is 3. The molecule has 14 nitrogen and oxygen atoms in total. The van der Waals surface area contributed by atoms with E-state index in [1.54, 1.807) is 0 Å². The minimum atomic E-state index is -4.67. The number of fused-ring (bicyclic) bond motifs is 2. The predicted octanol–water partition coefficient (Wildman–Crippen LogP) is 6.94. The number of carbonyl (C=O) groups is 3. The van der Waals surface area contributed by atoms with Crippen LogP contribution in [0.15, 0.2) is 125 Å². The third kappa shape index (κ3) is 10.9. The number of allylic oxidation sites excluding steroid dienone is 6. The number of carbonyl (C=O) groups excluding carboxylic acids is 3. The fourth-order valence-corrected chi connectivity index (χ4v) is 10.8. The van der Waals surface area contributed by atoms with Crippen molar-refractivity contribution < 1.29 is 54.8 Å². The Labute approximate surface area is 388 Å². The maximum atomic E-state index is 12.5. The fourth-order valence-electron chi connectivity index (χ4n) is 9.78. The van der Waals surface area contributed by atoms with Crippen molar-refractivity contribution in [3.8, 4) is 5.75 Å². The van der Waals surface area contributed by atoms with E-state index in [0.717, 1.165) is 53.9 Å². The van der Waals surface area contributed by atoms with Crippen LogP contribution in [-0.4, -0.2) is 73.7 Å². The number of nitrogens with one attached hydrogen (secondary N) is 1. The molecule has 3 aromatic carbocycles. The largest absolute Gasteiger partial charge is 0.748 e. The highest BCUT2D eigenvalue weighted by atomic mass is 32.2. The van der Waals surface area contributed by atoms with E-state index >= 15 is 0 Å². The highest BCUT2D eigenvalue weighted by Crippen LogP contribution is 2.48. The molecule has 0 bridgehead atoms. The minimum Gasteiger partial charge on any atom is -0.748 e. The van der Waals surface area contributed by atoms with Crippen LogP contribution in [0.3, 0.4) is 0 Å². The van der Waals surface area contributed by atoms with Gasteiger partial charge < -0.3 is 23.6 Å². The molecule has 2 unspecified atom stereocenters. The van der Waals surface area contributed by atoms with E-state index in [1.165, 1.54) is 40.4 Å². The Balaban J connectivity index is 1.18. The van der Waals surface area contributed by atoms with Gasteiger partial charge in [-0.2, -0.15) is 0 Å². The zero-order valence-corrected chi connectivity index (χ0v) is 39.5. The summed E-state index contributed by atoms with van der Waals surface area (Å²) in [5, 5.41) is 0.586. The van der Waals surface area contributed by atoms with Gasteiger partial charge >= 0.3 is 5.97 Å². The molecule has 16 heteroatoms. The van der Waals surface area contributed by atoms with Crippen LogP contribution in [0.1, 0.15) is 109 Å². The van der Waals surface area contributed by atoms with Gasteiger partial charge in [-0.25, -0.2) is 21.6 Å². The van der Waals surface area contributed by atoms with Crippen LogP contribution in [-0.2, 0) is 50.3 Å². The van der Waals surface area contributed by atoms with Crippen LogP contribution in [0, 0.1) is 0 Å². The smallest absolute Gasteiger partial charge is 0.333 e. The number of ether oxygens (including phenoxy) is 1. The monoisotopic (exact) mass is 940 g/mol. The SMILES string of the molecule is CC1(C)/C(=C\C=C2/CCCC(/C=C/C3[NH+](CCCCCC(=O)ON4C(=O)CCC4=O)c4ccccc4C3(C)C)=C2Oc2ccc(S(=O)(=O)[O-])cc2)N(CCCCS(=O)(=O)[O-])c2ccccc21. The van der Waals surface area contributed by atoms with Gasteiger partial charge in [0.05, 0.1) is 27.0 Å².